The average molecular weight is 291 g/mol. The molecule has 0 spiro atoms. The first-order valence-electron chi connectivity index (χ1n) is 7.13. The largest absolute Gasteiger partial charge is 0.366 e. The number of primary amides is 1. The zero-order valence-corrected chi connectivity index (χ0v) is 11.5. The SMILES string of the molecule is NC(=O)c1cc(NC(=O)C2C3CCC(C3)C2N)ccc1F. The van der Waals surface area contributed by atoms with Crippen molar-refractivity contribution in [3.63, 3.8) is 0 Å². The van der Waals surface area contributed by atoms with Crippen molar-refractivity contribution in [1.29, 1.82) is 0 Å². The third-order valence-corrected chi connectivity index (χ3v) is 4.78. The highest BCUT2D eigenvalue weighted by atomic mass is 19.1. The standard InChI is InChI=1S/C15H18FN3O2/c16-11-4-3-9(6-10(11)14(18)20)19-15(21)12-7-1-2-8(5-7)13(12)17/h3-4,6-8,12-13H,1-2,5,17H2,(H2,18,20)(H,19,21). The molecule has 4 atom stereocenters. The van der Waals surface area contributed by atoms with Crippen molar-refractivity contribution >= 4 is 17.5 Å². The molecule has 2 amide bonds. The van der Waals surface area contributed by atoms with Crippen LogP contribution in [0.2, 0.25) is 0 Å². The lowest BCUT2D eigenvalue weighted by molar-refractivity contribution is -0.121. The third-order valence-electron chi connectivity index (χ3n) is 4.78. The molecule has 1 aromatic rings. The Morgan fingerprint density at radius 3 is 2.57 bits per heavy atom. The molecule has 0 radical (unpaired) electrons. The van der Waals surface area contributed by atoms with Crippen LogP contribution in [0, 0.1) is 23.6 Å². The Morgan fingerprint density at radius 2 is 1.95 bits per heavy atom. The van der Waals surface area contributed by atoms with E-state index in [2.05, 4.69) is 5.32 Å². The minimum atomic E-state index is -0.861. The molecule has 0 aliphatic heterocycles. The Balaban J connectivity index is 1.76. The van der Waals surface area contributed by atoms with E-state index in [-0.39, 0.29) is 23.4 Å². The van der Waals surface area contributed by atoms with Gasteiger partial charge in [0.25, 0.3) is 5.91 Å². The summed E-state index contributed by atoms with van der Waals surface area (Å²) >= 11 is 0. The molecule has 3 rings (SSSR count). The molecule has 0 heterocycles. The van der Waals surface area contributed by atoms with Crippen LogP contribution in [0.5, 0.6) is 0 Å². The maximum atomic E-state index is 13.4. The molecule has 5 nitrogen and oxygen atoms in total. The molecular formula is C15H18FN3O2. The van der Waals surface area contributed by atoms with Gasteiger partial charge in [0, 0.05) is 11.7 Å². The van der Waals surface area contributed by atoms with Crippen molar-refractivity contribution in [3.8, 4) is 0 Å². The fourth-order valence-electron chi connectivity index (χ4n) is 3.74. The van der Waals surface area contributed by atoms with Crippen molar-refractivity contribution in [2.75, 3.05) is 5.32 Å². The second kappa shape index (κ2) is 5.11. The lowest BCUT2D eigenvalue weighted by Gasteiger charge is -2.27. The zero-order chi connectivity index (χ0) is 15.1. The summed E-state index contributed by atoms with van der Waals surface area (Å²) in [5.74, 6) is -1.15. The molecule has 2 aliphatic rings. The minimum absolute atomic E-state index is 0.111. The van der Waals surface area contributed by atoms with Gasteiger partial charge in [0.1, 0.15) is 5.82 Å². The number of hydrogen-bond acceptors (Lipinski definition) is 3. The van der Waals surface area contributed by atoms with Crippen LogP contribution in [0.1, 0.15) is 29.6 Å². The maximum absolute atomic E-state index is 13.4. The molecule has 2 saturated carbocycles. The fourth-order valence-corrected chi connectivity index (χ4v) is 3.74. The van der Waals surface area contributed by atoms with Gasteiger partial charge in [-0.1, -0.05) is 0 Å². The highest BCUT2D eigenvalue weighted by molar-refractivity contribution is 5.97. The number of benzene rings is 1. The van der Waals surface area contributed by atoms with Crippen LogP contribution in [-0.2, 0) is 4.79 Å². The molecule has 0 aromatic heterocycles. The molecule has 2 fully saturated rings. The van der Waals surface area contributed by atoms with Crippen LogP contribution in [0.3, 0.4) is 0 Å². The Hall–Kier alpha value is -1.95. The number of hydrogen-bond donors (Lipinski definition) is 3. The summed E-state index contributed by atoms with van der Waals surface area (Å²) in [4.78, 5) is 23.5. The van der Waals surface area contributed by atoms with Gasteiger partial charge in [-0.3, -0.25) is 9.59 Å². The van der Waals surface area contributed by atoms with Crippen molar-refractivity contribution in [3.05, 3.63) is 29.6 Å². The van der Waals surface area contributed by atoms with Crippen molar-refractivity contribution in [2.24, 2.45) is 29.2 Å². The molecule has 4 unspecified atom stereocenters. The van der Waals surface area contributed by atoms with E-state index in [0.717, 1.165) is 25.3 Å². The molecule has 112 valence electrons. The molecule has 21 heavy (non-hydrogen) atoms. The van der Waals surface area contributed by atoms with Crippen LogP contribution in [0.4, 0.5) is 10.1 Å². The van der Waals surface area contributed by atoms with Gasteiger partial charge in [0.05, 0.1) is 11.5 Å². The van der Waals surface area contributed by atoms with Crippen LogP contribution in [0.15, 0.2) is 18.2 Å². The number of amides is 2. The van der Waals surface area contributed by atoms with Gasteiger partial charge in [-0.05, 0) is 49.3 Å². The van der Waals surface area contributed by atoms with E-state index in [1.54, 1.807) is 0 Å². The van der Waals surface area contributed by atoms with Gasteiger partial charge in [0.2, 0.25) is 5.91 Å². The Bertz CT molecular complexity index is 603. The summed E-state index contributed by atoms with van der Waals surface area (Å²) in [5, 5.41) is 2.73. The van der Waals surface area contributed by atoms with Crippen LogP contribution >= 0.6 is 0 Å². The minimum Gasteiger partial charge on any atom is -0.366 e. The smallest absolute Gasteiger partial charge is 0.251 e. The monoisotopic (exact) mass is 291 g/mol. The van der Waals surface area contributed by atoms with Crippen molar-refractivity contribution in [1.82, 2.24) is 0 Å². The van der Waals surface area contributed by atoms with E-state index in [1.807, 2.05) is 0 Å². The first kappa shape index (κ1) is 14.0. The molecular weight excluding hydrogens is 273 g/mol. The lowest BCUT2D eigenvalue weighted by atomic mass is 9.84. The number of carbonyl (C=O) groups is 2. The van der Waals surface area contributed by atoms with Crippen LogP contribution in [0.25, 0.3) is 0 Å². The number of carbonyl (C=O) groups excluding carboxylic acids is 2. The summed E-state index contributed by atoms with van der Waals surface area (Å²) in [6.45, 7) is 0. The Kier molecular flexibility index (Phi) is 3.41. The molecule has 2 bridgehead atoms. The van der Waals surface area contributed by atoms with Crippen molar-refractivity contribution in [2.45, 2.75) is 25.3 Å². The zero-order valence-electron chi connectivity index (χ0n) is 11.5. The predicted molar refractivity (Wildman–Crippen MR) is 75.8 cm³/mol. The maximum Gasteiger partial charge on any atom is 0.251 e. The van der Waals surface area contributed by atoms with Crippen LogP contribution < -0.4 is 16.8 Å². The topological polar surface area (TPSA) is 98.2 Å². The first-order chi connectivity index (χ1) is 9.97. The van der Waals surface area contributed by atoms with E-state index < -0.39 is 11.7 Å². The number of nitrogens with two attached hydrogens (primary N) is 2. The Labute approximate surface area is 121 Å². The van der Waals surface area contributed by atoms with E-state index in [0.29, 0.717) is 17.5 Å². The lowest BCUT2D eigenvalue weighted by Crippen LogP contribution is -2.42. The number of nitrogens with one attached hydrogen (secondary N) is 1. The quantitative estimate of drug-likeness (QED) is 0.781. The average Bonchev–Trinajstić information content (AvgIpc) is 3.01. The van der Waals surface area contributed by atoms with E-state index >= 15 is 0 Å². The van der Waals surface area contributed by atoms with Gasteiger partial charge < -0.3 is 16.8 Å². The molecule has 0 saturated heterocycles. The first-order valence-corrected chi connectivity index (χ1v) is 7.13. The summed E-state index contributed by atoms with van der Waals surface area (Å²) < 4.78 is 13.4. The van der Waals surface area contributed by atoms with Gasteiger partial charge in [-0.25, -0.2) is 4.39 Å². The summed E-state index contributed by atoms with van der Waals surface area (Å²) in [6, 6.07) is 3.68. The summed E-state index contributed by atoms with van der Waals surface area (Å²) in [6.07, 6.45) is 3.14. The second-order valence-electron chi connectivity index (χ2n) is 5.98. The molecule has 1 aromatic carbocycles. The molecule has 2 aliphatic carbocycles. The third kappa shape index (κ3) is 2.40. The number of anilines is 1. The Morgan fingerprint density at radius 1 is 1.24 bits per heavy atom. The van der Waals surface area contributed by atoms with Gasteiger partial charge in [0.15, 0.2) is 0 Å². The highest BCUT2D eigenvalue weighted by Crippen LogP contribution is 2.47. The van der Waals surface area contributed by atoms with Crippen LogP contribution in [-0.4, -0.2) is 17.9 Å². The van der Waals surface area contributed by atoms with E-state index in [1.165, 1.54) is 12.1 Å². The normalized spacial score (nSPS) is 30.4. The van der Waals surface area contributed by atoms with Gasteiger partial charge in [-0.15, -0.1) is 0 Å². The van der Waals surface area contributed by atoms with Crippen molar-refractivity contribution < 1.29 is 14.0 Å². The number of rotatable bonds is 3. The molecule has 5 N–H and O–H groups in total. The second-order valence-corrected chi connectivity index (χ2v) is 5.98. The molecule has 6 heteroatoms. The highest BCUT2D eigenvalue weighted by Gasteiger charge is 2.49. The summed E-state index contributed by atoms with van der Waals surface area (Å²) in [7, 11) is 0. The summed E-state index contributed by atoms with van der Waals surface area (Å²) in [5.41, 5.74) is 11.4. The van der Waals surface area contributed by atoms with E-state index in [4.69, 9.17) is 11.5 Å². The number of fused-ring (bicyclic) bond motifs is 2. The predicted octanol–water partition coefficient (Wildman–Crippen LogP) is 1.24. The van der Waals surface area contributed by atoms with E-state index in [9.17, 15) is 14.0 Å². The fraction of sp³-hybridized carbons (Fsp3) is 0.467. The number of halogens is 1. The van der Waals surface area contributed by atoms with Gasteiger partial charge in [-0.2, -0.15) is 0 Å². The van der Waals surface area contributed by atoms with Gasteiger partial charge >= 0.3 is 0 Å².